The predicted octanol–water partition coefficient (Wildman–Crippen LogP) is 2.37. The fourth-order valence-corrected chi connectivity index (χ4v) is 4.43. The van der Waals surface area contributed by atoms with Crippen LogP contribution in [0, 0.1) is 6.92 Å². The first-order valence-corrected chi connectivity index (χ1v) is 12.5. The summed E-state index contributed by atoms with van der Waals surface area (Å²) in [7, 11) is 1.50. The Hall–Kier alpha value is -3.40. The lowest BCUT2D eigenvalue weighted by atomic mass is 10.0. The van der Waals surface area contributed by atoms with Gasteiger partial charge in [0.2, 0.25) is 5.91 Å². The van der Waals surface area contributed by atoms with E-state index >= 15 is 0 Å². The quantitative estimate of drug-likeness (QED) is 0.425. The molecule has 37 heavy (non-hydrogen) atoms. The van der Waals surface area contributed by atoms with E-state index in [9.17, 15) is 9.90 Å². The van der Waals surface area contributed by atoms with Gasteiger partial charge in [-0.15, -0.1) is 0 Å². The lowest BCUT2D eigenvalue weighted by Gasteiger charge is -2.33. The van der Waals surface area contributed by atoms with Gasteiger partial charge in [0.05, 0.1) is 19.4 Å². The van der Waals surface area contributed by atoms with Crippen LogP contribution in [0.2, 0.25) is 0 Å². The Morgan fingerprint density at radius 1 is 1.08 bits per heavy atom. The van der Waals surface area contributed by atoms with Gasteiger partial charge in [-0.3, -0.25) is 9.69 Å². The minimum absolute atomic E-state index is 0.0205. The van der Waals surface area contributed by atoms with Crippen LogP contribution in [0.5, 0.6) is 11.5 Å². The number of methoxy groups -OCH3 is 1. The number of β-amino-alcohol motifs (C(OH)–C–C–N with tert-alkyl or cyclic N) is 1. The predicted molar refractivity (Wildman–Crippen MR) is 140 cm³/mol. The van der Waals surface area contributed by atoms with Gasteiger partial charge in [-0.2, -0.15) is 0 Å². The lowest BCUT2D eigenvalue weighted by Crippen LogP contribution is -2.52. The molecule has 0 saturated carbocycles. The Bertz CT molecular complexity index is 1120. The molecule has 4 rings (SSSR count). The smallest absolute Gasteiger partial charge is 0.248 e. The number of rotatable bonds is 11. The summed E-state index contributed by atoms with van der Waals surface area (Å²) in [4.78, 5) is 20.5. The molecule has 198 valence electrons. The van der Waals surface area contributed by atoms with E-state index in [0.717, 1.165) is 23.4 Å². The molecule has 9 nitrogen and oxygen atoms in total. The third-order valence-electron chi connectivity index (χ3n) is 6.32. The van der Waals surface area contributed by atoms with Crippen LogP contribution < -0.4 is 9.47 Å². The number of aliphatic hydroxyl groups is 1. The minimum Gasteiger partial charge on any atom is -0.492 e. The Kier molecular flexibility index (Phi) is 9.16. The summed E-state index contributed by atoms with van der Waals surface area (Å²) in [6.07, 6.45) is 5.42. The van der Waals surface area contributed by atoms with E-state index in [-0.39, 0.29) is 25.7 Å². The summed E-state index contributed by atoms with van der Waals surface area (Å²) in [5.41, 5.74) is 0.957. The lowest BCUT2D eigenvalue weighted by molar-refractivity contribution is -0.138. The monoisotopic (exact) mass is 508 g/mol. The van der Waals surface area contributed by atoms with Gasteiger partial charge in [0, 0.05) is 45.7 Å². The van der Waals surface area contributed by atoms with Gasteiger partial charge >= 0.3 is 0 Å². The molecule has 0 bridgehead atoms. The second-order valence-electron chi connectivity index (χ2n) is 9.58. The number of hydrogen-bond acceptors (Lipinski definition) is 7. The number of carbonyl (C=O) groups is 1. The van der Waals surface area contributed by atoms with Crippen molar-refractivity contribution in [3.05, 3.63) is 78.4 Å². The summed E-state index contributed by atoms with van der Waals surface area (Å²) in [6, 6.07) is 15.7. The molecule has 9 heteroatoms. The molecule has 1 atom stereocenters. The molecular weight excluding hydrogens is 472 g/mol. The first-order chi connectivity index (χ1) is 17.9. The van der Waals surface area contributed by atoms with E-state index in [2.05, 4.69) is 9.88 Å². The molecule has 0 aliphatic carbocycles. The highest BCUT2D eigenvalue weighted by Gasteiger charge is 2.37. The van der Waals surface area contributed by atoms with Crippen LogP contribution in [0.25, 0.3) is 0 Å². The van der Waals surface area contributed by atoms with Crippen molar-refractivity contribution >= 4 is 5.91 Å². The number of hydrogen-bond donors (Lipinski definition) is 1. The fourth-order valence-electron chi connectivity index (χ4n) is 4.43. The van der Waals surface area contributed by atoms with Crippen molar-refractivity contribution in [1.29, 1.82) is 0 Å². The summed E-state index contributed by atoms with van der Waals surface area (Å²) in [5.74, 6) is 1.33. The molecule has 0 radical (unpaired) electrons. The number of aromatic nitrogens is 2. The second kappa shape index (κ2) is 12.7. The zero-order valence-corrected chi connectivity index (χ0v) is 21.6. The molecule has 1 aliphatic heterocycles. The maximum absolute atomic E-state index is 12.7. The van der Waals surface area contributed by atoms with Crippen molar-refractivity contribution in [2.45, 2.75) is 25.6 Å². The van der Waals surface area contributed by atoms with E-state index in [1.165, 1.54) is 7.11 Å². The molecular formula is C28H36N4O5. The maximum Gasteiger partial charge on any atom is 0.248 e. The zero-order valence-electron chi connectivity index (χ0n) is 21.6. The average Bonchev–Trinajstić information content (AvgIpc) is 3.34. The summed E-state index contributed by atoms with van der Waals surface area (Å²) < 4.78 is 18.9. The first kappa shape index (κ1) is 26.7. The van der Waals surface area contributed by atoms with Crippen LogP contribution in [0.15, 0.2) is 67.3 Å². The highest BCUT2D eigenvalue weighted by Crippen LogP contribution is 2.22. The second-order valence-corrected chi connectivity index (χ2v) is 9.58. The summed E-state index contributed by atoms with van der Waals surface area (Å²) >= 11 is 0. The fraction of sp³-hybridized carbons (Fsp3) is 0.429. The van der Waals surface area contributed by atoms with E-state index in [0.29, 0.717) is 38.5 Å². The van der Waals surface area contributed by atoms with Crippen LogP contribution in [0.3, 0.4) is 0 Å². The van der Waals surface area contributed by atoms with Gasteiger partial charge in [-0.05, 0) is 36.8 Å². The minimum atomic E-state index is -1.25. The third kappa shape index (κ3) is 8.04. The van der Waals surface area contributed by atoms with Crippen LogP contribution >= 0.6 is 0 Å². The van der Waals surface area contributed by atoms with Gasteiger partial charge in [-0.1, -0.05) is 29.8 Å². The third-order valence-corrected chi connectivity index (χ3v) is 6.32. The van der Waals surface area contributed by atoms with Crippen molar-refractivity contribution in [2.24, 2.45) is 0 Å². The molecule has 1 amide bonds. The Labute approximate surface area is 218 Å². The number of amides is 1. The molecule has 1 aliphatic rings. The van der Waals surface area contributed by atoms with Crippen molar-refractivity contribution in [3.8, 4) is 11.5 Å². The Balaban J connectivity index is 1.41. The summed E-state index contributed by atoms with van der Waals surface area (Å²) in [5, 5.41) is 11.6. The van der Waals surface area contributed by atoms with Crippen molar-refractivity contribution in [1.82, 2.24) is 19.4 Å². The van der Waals surface area contributed by atoms with Crippen LogP contribution in [-0.2, 0) is 22.6 Å². The van der Waals surface area contributed by atoms with Crippen LogP contribution in [0.4, 0.5) is 0 Å². The SMILES string of the molecule is COCC(=O)N1CCN(Cc2cccc(OCCn3ccnc3)c2)CC(O)(COc2ccc(C)cc2)C1. The maximum atomic E-state index is 12.7. The molecule has 2 heterocycles. The van der Waals surface area contributed by atoms with Gasteiger partial charge in [-0.25, -0.2) is 4.98 Å². The van der Waals surface area contributed by atoms with Gasteiger partial charge in [0.25, 0.3) is 0 Å². The number of imidazole rings is 1. The van der Waals surface area contributed by atoms with E-state index in [1.807, 2.05) is 66.2 Å². The van der Waals surface area contributed by atoms with E-state index in [1.54, 1.807) is 17.4 Å². The highest BCUT2D eigenvalue weighted by molar-refractivity contribution is 5.77. The van der Waals surface area contributed by atoms with Crippen molar-refractivity contribution < 1.29 is 24.1 Å². The molecule has 1 unspecified atom stereocenters. The number of benzene rings is 2. The van der Waals surface area contributed by atoms with E-state index < -0.39 is 5.60 Å². The van der Waals surface area contributed by atoms with Gasteiger partial charge in [0.15, 0.2) is 0 Å². The topological polar surface area (TPSA) is 89.3 Å². The molecule has 3 aromatic rings. The molecule has 1 fully saturated rings. The molecule has 2 aromatic carbocycles. The number of nitrogens with zero attached hydrogens (tertiary/aromatic N) is 4. The number of carbonyl (C=O) groups excluding carboxylic acids is 1. The Morgan fingerprint density at radius 2 is 1.92 bits per heavy atom. The van der Waals surface area contributed by atoms with Crippen LogP contribution in [-0.4, -0.2) is 89.1 Å². The summed E-state index contributed by atoms with van der Waals surface area (Å²) in [6.45, 7) is 5.58. The standard InChI is InChI=1S/C28H36N4O5/c1-23-6-8-25(9-7-23)37-21-28(34)19-31(12-13-32(20-28)27(33)18-35-2)17-24-4-3-5-26(16-24)36-15-14-30-11-10-29-22-30/h3-11,16,22,34H,12-15,17-21H2,1-2H3. The number of ether oxygens (including phenoxy) is 3. The largest absolute Gasteiger partial charge is 0.492 e. The van der Waals surface area contributed by atoms with Crippen LogP contribution in [0.1, 0.15) is 11.1 Å². The average molecular weight is 509 g/mol. The first-order valence-electron chi connectivity index (χ1n) is 12.5. The van der Waals surface area contributed by atoms with Crippen molar-refractivity contribution in [2.75, 3.05) is 53.1 Å². The van der Waals surface area contributed by atoms with Gasteiger partial charge < -0.3 is 28.8 Å². The van der Waals surface area contributed by atoms with Crippen molar-refractivity contribution in [3.63, 3.8) is 0 Å². The highest BCUT2D eigenvalue weighted by atomic mass is 16.5. The number of aryl methyl sites for hydroxylation is 1. The molecule has 0 spiro atoms. The Morgan fingerprint density at radius 3 is 2.68 bits per heavy atom. The zero-order chi connectivity index (χ0) is 26.1. The molecule has 1 aromatic heterocycles. The normalized spacial score (nSPS) is 18.4. The molecule has 1 saturated heterocycles. The van der Waals surface area contributed by atoms with Gasteiger partial charge in [0.1, 0.15) is 36.9 Å². The molecule has 1 N–H and O–H groups in total. The van der Waals surface area contributed by atoms with E-state index in [4.69, 9.17) is 14.2 Å².